The third kappa shape index (κ3) is 1.85. The average Bonchev–Trinajstić information content (AvgIpc) is 2.72. The normalized spacial score (nSPS) is 22.1. The molecule has 1 aliphatic heterocycles. The van der Waals surface area contributed by atoms with Gasteiger partial charge in [-0.15, -0.1) is 0 Å². The lowest BCUT2D eigenvalue weighted by Gasteiger charge is -2.05. The minimum Gasteiger partial charge on any atom is -0.316 e. The van der Waals surface area contributed by atoms with Gasteiger partial charge in [0, 0.05) is 33.3 Å². The largest absolute Gasteiger partial charge is 0.316 e. The number of hydrogen-bond donors (Lipinski definition) is 1. The second-order valence-electron chi connectivity index (χ2n) is 3.19. The second-order valence-corrected chi connectivity index (χ2v) is 4.79. The van der Waals surface area contributed by atoms with Crippen LogP contribution < -0.4 is 5.32 Å². The number of hydrogen-bond acceptors (Lipinski definition) is 3. The van der Waals surface area contributed by atoms with Crippen LogP contribution in [-0.4, -0.2) is 18.9 Å². The summed E-state index contributed by atoms with van der Waals surface area (Å²) in [6.45, 7) is 1.80. The highest BCUT2D eigenvalue weighted by atomic mass is 79.9. The average molecular weight is 260 g/mol. The first-order chi connectivity index (χ1) is 6.29. The van der Waals surface area contributed by atoms with Crippen LogP contribution in [-0.2, 0) is 0 Å². The van der Waals surface area contributed by atoms with E-state index in [1.807, 2.05) is 10.8 Å². The molecule has 0 aromatic carbocycles. The lowest BCUT2D eigenvalue weighted by Crippen LogP contribution is -2.17. The van der Waals surface area contributed by atoms with Gasteiger partial charge in [-0.2, -0.15) is 11.3 Å². The Bertz CT molecular complexity index is 317. The zero-order valence-corrected chi connectivity index (χ0v) is 9.45. The van der Waals surface area contributed by atoms with Crippen LogP contribution in [0.2, 0.25) is 0 Å². The Morgan fingerprint density at radius 2 is 2.46 bits per heavy atom. The Kier molecular flexibility index (Phi) is 2.81. The lowest BCUT2D eigenvalue weighted by molar-refractivity contribution is 0.0930. The first kappa shape index (κ1) is 9.37. The quantitative estimate of drug-likeness (QED) is 0.827. The minimum absolute atomic E-state index is 0.186. The van der Waals surface area contributed by atoms with E-state index in [1.54, 1.807) is 11.3 Å². The van der Waals surface area contributed by atoms with Crippen LogP contribution >= 0.6 is 27.3 Å². The van der Waals surface area contributed by atoms with Crippen molar-refractivity contribution < 1.29 is 4.79 Å². The van der Waals surface area contributed by atoms with E-state index in [0.29, 0.717) is 0 Å². The molecule has 1 fully saturated rings. The van der Waals surface area contributed by atoms with Crippen LogP contribution in [0.5, 0.6) is 0 Å². The van der Waals surface area contributed by atoms with Gasteiger partial charge in [0.05, 0.1) is 0 Å². The molecule has 1 atom stereocenters. The van der Waals surface area contributed by atoms with Gasteiger partial charge in [-0.05, 0) is 28.9 Å². The van der Waals surface area contributed by atoms with Gasteiger partial charge in [0.25, 0.3) is 0 Å². The van der Waals surface area contributed by atoms with Gasteiger partial charge < -0.3 is 5.32 Å². The summed E-state index contributed by atoms with van der Waals surface area (Å²) >= 11 is 4.95. The van der Waals surface area contributed by atoms with E-state index >= 15 is 0 Å². The van der Waals surface area contributed by atoms with Crippen molar-refractivity contribution in [3.8, 4) is 0 Å². The van der Waals surface area contributed by atoms with E-state index < -0.39 is 0 Å². The van der Waals surface area contributed by atoms with Gasteiger partial charge >= 0.3 is 0 Å². The molecule has 0 spiro atoms. The molecule has 1 unspecified atom stereocenters. The fraction of sp³-hybridized carbons (Fsp3) is 0.444. The first-order valence-corrected chi connectivity index (χ1v) is 5.99. The molecule has 1 N–H and O–H groups in total. The Morgan fingerprint density at radius 1 is 1.62 bits per heavy atom. The van der Waals surface area contributed by atoms with Crippen molar-refractivity contribution in [3.05, 3.63) is 20.8 Å². The van der Waals surface area contributed by atoms with Crippen LogP contribution in [0.1, 0.15) is 16.8 Å². The van der Waals surface area contributed by atoms with E-state index in [9.17, 15) is 4.79 Å². The van der Waals surface area contributed by atoms with Crippen molar-refractivity contribution in [1.82, 2.24) is 5.32 Å². The van der Waals surface area contributed by atoms with Crippen molar-refractivity contribution in [3.63, 3.8) is 0 Å². The summed E-state index contributed by atoms with van der Waals surface area (Å²) in [4.78, 5) is 11.9. The predicted octanol–water partition coefficient (Wildman–Crippen LogP) is 2.30. The van der Waals surface area contributed by atoms with E-state index in [-0.39, 0.29) is 11.7 Å². The van der Waals surface area contributed by atoms with Gasteiger partial charge in [-0.3, -0.25) is 4.79 Å². The third-order valence-corrected chi connectivity index (χ3v) is 4.01. The standard InChI is InChI=1S/C9H10BrNOS/c10-8-5-13-4-7(8)9(12)6-1-2-11-3-6/h4-6,11H,1-3H2. The maximum absolute atomic E-state index is 11.9. The number of Topliss-reactive ketones (excluding diaryl/α,β-unsaturated/α-hetero) is 1. The topological polar surface area (TPSA) is 29.1 Å². The molecule has 0 amide bonds. The maximum Gasteiger partial charge on any atom is 0.169 e. The molecule has 0 radical (unpaired) electrons. The number of thiophene rings is 1. The molecule has 0 saturated carbocycles. The summed E-state index contributed by atoms with van der Waals surface area (Å²) in [6.07, 6.45) is 0.973. The van der Waals surface area contributed by atoms with Gasteiger partial charge in [0.1, 0.15) is 0 Å². The fourth-order valence-electron chi connectivity index (χ4n) is 1.56. The predicted molar refractivity (Wildman–Crippen MR) is 57.3 cm³/mol. The van der Waals surface area contributed by atoms with Gasteiger partial charge in [0.15, 0.2) is 5.78 Å². The summed E-state index contributed by atoms with van der Waals surface area (Å²) < 4.78 is 0.939. The molecule has 1 aromatic heterocycles. The second kappa shape index (κ2) is 3.90. The number of rotatable bonds is 2. The number of carbonyl (C=O) groups is 1. The summed E-state index contributed by atoms with van der Waals surface area (Å²) in [5, 5.41) is 7.08. The highest BCUT2D eigenvalue weighted by molar-refractivity contribution is 9.10. The highest BCUT2D eigenvalue weighted by Gasteiger charge is 2.25. The zero-order valence-electron chi connectivity index (χ0n) is 7.05. The SMILES string of the molecule is O=C(c1cscc1Br)C1CCNC1. The van der Waals surface area contributed by atoms with E-state index in [4.69, 9.17) is 0 Å². The summed E-state index contributed by atoms with van der Waals surface area (Å²) in [5.41, 5.74) is 0.846. The van der Waals surface area contributed by atoms with Gasteiger partial charge in [-0.25, -0.2) is 0 Å². The van der Waals surface area contributed by atoms with Crippen molar-refractivity contribution in [2.75, 3.05) is 13.1 Å². The van der Waals surface area contributed by atoms with Crippen molar-refractivity contribution >= 4 is 33.0 Å². The van der Waals surface area contributed by atoms with Crippen molar-refractivity contribution in [1.29, 1.82) is 0 Å². The molecule has 13 heavy (non-hydrogen) atoms. The van der Waals surface area contributed by atoms with Crippen LogP contribution in [0.25, 0.3) is 0 Å². The molecule has 4 heteroatoms. The fourth-order valence-corrected chi connectivity index (χ4v) is 3.03. The molecule has 1 saturated heterocycles. The zero-order chi connectivity index (χ0) is 9.26. The van der Waals surface area contributed by atoms with Crippen LogP contribution in [0.3, 0.4) is 0 Å². The molecule has 2 rings (SSSR count). The number of carbonyl (C=O) groups excluding carboxylic acids is 1. The van der Waals surface area contributed by atoms with E-state index in [2.05, 4.69) is 21.2 Å². The van der Waals surface area contributed by atoms with Crippen molar-refractivity contribution in [2.24, 2.45) is 5.92 Å². The van der Waals surface area contributed by atoms with Crippen LogP contribution in [0.4, 0.5) is 0 Å². The summed E-state index contributed by atoms with van der Waals surface area (Å²) in [6, 6.07) is 0. The highest BCUT2D eigenvalue weighted by Crippen LogP contribution is 2.25. The minimum atomic E-state index is 0.186. The number of nitrogens with one attached hydrogen (secondary N) is 1. The molecular formula is C9H10BrNOS. The Balaban J connectivity index is 2.17. The molecule has 2 nitrogen and oxygen atoms in total. The summed E-state index contributed by atoms with van der Waals surface area (Å²) in [7, 11) is 0. The maximum atomic E-state index is 11.9. The number of halogens is 1. The Morgan fingerprint density at radius 3 is 3.00 bits per heavy atom. The number of ketones is 1. The molecule has 0 aliphatic carbocycles. The van der Waals surface area contributed by atoms with Crippen LogP contribution in [0, 0.1) is 5.92 Å². The van der Waals surface area contributed by atoms with Gasteiger partial charge in [0.2, 0.25) is 0 Å². The lowest BCUT2D eigenvalue weighted by atomic mass is 9.99. The smallest absolute Gasteiger partial charge is 0.169 e. The monoisotopic (exact) mass is 259 g/mol. The van der Waals surface area contributed by atoms with Crippen LogP contribution in [0.15, 0.2) is 15.2 Å². The molecular weight excluding hydrogens is 250 g/mol. The van der Waals surface area contributed by atoms with E-state index in [1.165, 1.54) is 0 Å². The Hall–Kier alpha value is -0.190. The molecule has 1 aromatic rings. The van der Waals surface area contributed by atoms with E-state index in [0.717, 1.165) is 29.5 Å². The molecule has 1 aliphatic rings. The molecule has 2 heterocycles. The molecule has 0 bridgehead atoms. The Labute approximate surface area is 89.5 Å². The van der Waals surface area contributed by atoms with Crippen molar-refractivity contribution in [2.45, 2.75) is 6.42 Å². The first-order valence-electron chi connectivity index (χ1n) is 4.25. The third-order valence-electron chi connectivity index (χ3n) is 2.31. The molecule has 70 valence electrons. The summed E-state index contributed by atoms with van der Waals surface area (Å²) in [5.74, 6) is 0.462. The van der Waals surface area contributed by atoms with Gasteiger partial charge in [-0.1, -0.05) is 0 Å².